The van der Waals surface area contributed by atoms with Crippen molar-refractivity contribution in [2.24, 2.45) is 0 Å². The fourth-order valence-corrected chi connectivity index (χ4v) is 2.90. The number of carbonyl (C=O) groups excluding carboxylic acids is 1. The molecule has 3 aromatic rings. The summed E-state index contributed by atoms with van der Waals surface area (Å²) in [7, 11) is 1.67. The van der Waals surface area contributed by atoms with Gasteiger partial charge in [-0.1, -0.05) is 27.5 Å². The molecule has 6 nitrogen and oxygen atoms in total. The summed E-state index contributed by atoms with van der Waals surface area (Å²) in [6, 6.07) is 12.4. The van der Waals surface area contributed by atoms with E-state index < -0.39 is 0 Å². The molecule has 0 bridgehead atoms. The normalized spacial score (nSPS) is 10.8. The predicted octanol–water partition coefficient (Wildman–Crippen LogP) is 3.35. The minimum atomic E-state index is -0.296. The standard InChI is InChI=1S/C19H17BrClN3O3/c1-23(8-9-27-15-5-2-13(20)3-6-15)18(25)11-24-12-22-17-7-4-14(21)10-16(17)19(24)26/h2-7,10,12H,8-9,11H2,1H3. The Morgan fingerprint density at radius 2 is 2.00 bits per heavy atom. The number of hydrogen-bond acceptors (Lipinski definition) is 4. The number of amides is 1. The molecule has 140 valence electrons. The number of likely N-dealkylation sites (N-methyl/N-ethyl adjacent to an activating group) is 1. The Morgan fingerprint density at radius 1 is 1.26 bits per heavy atom. The average molecular weight is 451 g/mol. The van der Waals surface area contributed by atoms with E-state index in [0.29, 0.717) is 29.1 Å². The Morgan fingerprint density at radius 3 is 2.74 bits per heavy atom. The van der Waals surface area contributed by atoms with Crippen LogP contribution in [0.2, 0.25) is 5.02 Å². The van der Waals surface area contributed by atoms with Gasteiger partial charge in [0.1, 0.15) is 18.9 Å². The molecule has 27 heavy (non-hydrogen) atoms. The third-order valence-electron chi connectivity index (χ3n) is 4.03. The SMILES string of the molecule is CN(CCOc1ccc(Br)cc1)C(=O)Cn1cnc2ccc(Cl)cc2c1=O. The lowest BCUT2D eigenvalue weighted by atomic mass is 10.2. The van der Waals surface area contributed by atoms with Gasteiger partial charge < -0.3 is 9.64 Å². The van der Waals surface area contributed by atoms with Crippen molar-refractivity contribution in [3.8, 4) is 5.75 Å². The van der Waals surface area contributed by atoms with E-state index in [1.54, 1.807) is 25.2 Å². The molecule has 0 atom stereocenters. The Labute approximate surface area is 169 Å². The first-order valence-electron chi connectivity index (χ1n) is 8.21. The summed E-state index contributed by atoms with van der Waals surface area (Å²) in [5, 5.41) is 0.840. The summed E-state index contributed by atoms with van der Waals surface area (Å²) in [6.07, 6.45) is 1.38. The minimum Gasteiger partial charge on any atom is -0.492 e. The quantitative estimate of drug-likeness (QED) is 0.578. The molecular weight excluding hydrogens is 434 g/mol. The second-order valence-electron chi connectivity index (χ2n) is 5.96. The largest absolute Gasteiger partial charge is 0.492 e. The van der Waals surface area contributed by atoms with Gasteiger partial charge in [-0.2, -0.15) is 0 Å². The minimum absolute atomic E-state index is 0.0942. The van der Waals surface area contributed by atoms with Crippen LogP contribution in [0.15, 0.2) is 58.1 Å². The smallest absolute Gasteiger partial charge is 0.261 e. The molecule has 0 saturated heterocycles. The van der Waals surface area contributed by atoms with Crippen LogP contribution in [0.5, 0.6) is 5.75 Å². The second-order valence-corrected chi connectivity index (χ2v) is 7.31. The highest BCUT2D eigenvalue weighted by atomic mass is 79.9. The average Bonchev–Trinajstić information content (AvgIpc) is 2.66. The second kappa shape index (κ2) is 8.54. The molecule has 0 aliphatic carbocycles. The van der Waals surface area contributed by atoms with E-state index in [1.807, 2.05) is 24.3 Å². The van der Waals surface area contributed by atoms with Crippen LogP contribution < -0.4 is 10.3 Å². The van der Waals surface area contributed by atoms with Crippen LogP contribution >= 0.6 is 27.5 Å². The van der Waals surface area contributed by atoms with Gasteiger partial charge in [0.25, 0.3) is 5.56 Å². The van der Waals surface area contributed by atoms with Crippen LogP contribution in [-0.2, 0) is 11.3 Å². The zero-order valence-corrected chi connectivity index (χ0v) is 16.9. The summed E-state index contributed by atoms with van der Waals surface area (Å²) in [5.74, 6) is 0.519. The van der Waals surface area contributed by atoms with Crippen LogP contribution in [0.3, 0.4) is 0 Å². The van der Waals surface area contributed by atoms with Crippen LogP contribution in [0.4, 0.5) is 0 Å². The summed E-state index contributed by atoms with van der Waals surface area (Å²) < 4.78 is 7.87. The zero-order chi connectivity index (χ0) is 19.4. The molecule has 0 N–H and O–H groups in total. The summed E-state index contributed by atoms with van der Waals surface area (Å²) in [4.78, 5) is 30.7. The van der Waals surface area contributed by atoms with Crippen LogP contribution in [0, 0.1) is 0 Å². The van der Waals surface area contributed by atoms with E-state index in [9.17, 15) is 9.59 Å². The predicted molar refractivity (Wildman–Crippen MR) is 108 cm³/mol. The van der Waals surface area contributed by atoms with Crippen molar-refractivity contribution < 1.29 is 9.53 Å². The Bertz CT molecular complexity index is 1020. The first-order valence-corrected chi connectivity index (χ1v) is 9.38. The maximum Gasteiger partial charge on any atom is 0.261 e. The molecule has 3 rings (SSSR count). The lowest BCUT2D eigenvalue weighted by Gasteiger charge is -2.18. The van der Waals surface area contributed by atoms with Gasteiger partial charge in [0.2, 0.25) is 5.91 Å². The number of carbonyl (C=O) groups is 1. The molecule has 1 amide bonds. The molecule has 0 radical (unpaired) electrons. The molecule has 0 saturated carbocycles. The van der Waals surface area contributed by atoms with Crippen molar-refractivity contribution >= 4 is 44.3 Å². The van der Waals surface area contributed by atoms with Crippen molar-refractivity contribution in [1.29, 1.82) is 0 Å². The molecule has 0 aliphatic rings. The van der Waals surface area contributed by atoms with Crippen molar-refractivity contribution in [2.75, 3.05) is 20.2 Å². The van der Waals surface area contributed by atoms with Crippen LogP contribution in [0.25, 0.3) is 10.9 Å². The number of fused-ring (bicyclic) bond motifs is 1. The van der Waals surface area contributed by atoms with Crippen molar-refractivity contribution in [1.82, 2.24) is 14.5 Å². The first kappa shape index (κ1) is 19.4. The third kappa shape index (κ3) is 4.87. The highest BCUT2D eigenvalue weighted by molar-refractivity contribution is 9.10. The van der Waals surface area contributed by atoms with E-state index in [1.165, 1.54) is 15.8 Å². The van der Waals surface area contributed by atoms with Crippen LogP contribution in [0.1, 0.15) is 0 Å². The number of aromatic nitrogens is 2. The lowest BCUT2D eigenvalue weighted by Crippen LogP contribution is -2.36. The topological polar surface area (TPSA) is 64.4 Å². The molecule has 0 unspecified atom stereocenters. The fraction of sp³-hybridized carbons (Fsp3) is 0.211. The molecule has 0 spiro atoms. The van der Waals surface area contributed by atoms with Crippen molar-refractivity contribution in [3.05, 3.63) is 68.6 Å². The number of halogens is 2. The van der Waals surface area contributed by atoms with E-state index in [0.717, 1.165) is 10.2 Å². The molecule has 2 aromatic carbocycles. The maximum atomic E-state index is 12.5. The molecule has 1 aromatic heterocycles. The van der Waals surface area contributed by atoms with Gasteiger partial charge in [0.15, 0.2) is 0 Å². The van der Waals surface area contributed by atoms with Gasteiger partial charge in [-0.15, -0.1) is 0 Å². The molecular formula is C19H17BrClN3O3. The van der Waals surface area contributed by atoms with Gasteiger partial charge in [-0.25, -0.2) is 4.98 Å². The van der Waals surface area contributed by atoms with Gasteiger partial charge in [-0.05, 0) is 42.5 Å². The number of nitrogens with zero attached hydrogens (tertiary/aromatic N) is 3. The van der Waals surface area contributed by atoms with Crippen molar-refractivity contribution in [2.45, 2.75) is 6.54 Å². The van der Waals surface area contributed by atoms with E-state index in [-0.39, 0.29) is 18.0 Å². The summed E-state index contributed by atoms with van der Waals surface area (Å²) in [6.45, 7) is 0.657. The van der Waals surface area contributed by atoms with Gasteiger partial charge in [0.05, 0.1) is 23.8 Å². The Hall–Kier alpha value is -2.38. The molecule has 1 heterocycles. The summed E-state index contributed by atoms with van der Waals surface area (Å²) in [5.41, 5.74) is 0.250. The van der Waals surface area contributed by atoms with E-state index in [2.05, 4.69) is 20.9 Å². The zero-order valence-electron chi connectivity index (χ0n) is 14.6. The molecule has 0 aliphatic heterocycles. The summed E-state index contributed by atoms with van der Waals surface area (Å²) >= 11 is 9.31. The Balaban J connectivity index is 1.61. The highest BCUT2D eigenvalue weighted by Gasteiger charge is 2.12. The highest BCUT2D eigenvalue weighted by Crippen LogP contribution is 2.16. The monoisotopic (exact) mass is 449 g/mol. The third-order valence-corrected chi connectivity index (χ3v) is 4.79. The molecule has 8 heteroatoms. The number of hydrogen-bond donors (Lipinski definition) is 0. The van der Waals surface area contributed by atoms with E-state index in [4.69, 9.17) is 16.3 Å². The van der Waals surface area contributed by atoms with Crippen LogP contribution in [-0.4, -0.2) is 40.6 Å². The first-order chi connectivity index (χ1) is 12.9. The van der Waals surface area contributed by atoms with Crippen molar-refractivity contribution in [3.63, 3.8) is 0 Å². The number of ether oxygens (including phenoxy) is 1. The van der Waals surface area contributed by atoms with Gasteiger partial charge in [-0.3, -0.25) is 14.2 Å². The fourth-order valence-electron chi connectivity index (χ4n) is 2.47. The Kier molecular flexibility index (Phi) is 6.13. The molecule has 0 fully saturated rings. The maximum absolute atomic E-state index is 12.5. The van der Waals surface area contributed by atoms with Gasteiger partial charge >= 0.3 is 0 Å². The van der Waals surface area contributed by atoms with Gasteiger partial charge in [0, 0.05) is 16.5 Å². The number of rotatable bonds is 6. The number of benzene rings is 2. The van der Waals surface area contributed by atoms with E-state index >= 15 is 0 Å². The lowest BCUT2D eigenvalue weighted by molar-refractivity contribution is -0.130.